The van der Waals surface area contributed by atoms with Gasteiger partial charge in [-0.05, 0) is 36.6 Å². The van der Waals surface area contributed by atoms with E-state index in [0.29, 0.717) is 38.5 Å². The fourth-order valence-corrected chi connectivity index (χ4v) is 4.14. The van der Waals surface area contributed by atoms with Gasteiger partial charge in [-0.15, -0.1) is 0 Å². The van der Waals surface area contributed by atoms with E-state index >= 15 is 0 Å². The van der Waals surface area contributed by atoms with Crippen LogP contribution in [0.2, 0.25) is 0 Å². The SMILES string of the molecule is COC(=O)CCN(CCC(=O)OC)C1CC(C)(C)CC(C)(CN)C1. The van der Waals surface area contributed by atoms with Gasteiger partial charge >= 0.3 is 11.9 Å². The van der Waals surface area contributed by atoms with Crippen LogP contribution in [0.25, 0.3) is 0 Å². The minimum Gasteiger partial charge on any atom is -0.469 e. The first-order valence-corrected chi connectivity index (χ1v) is 8.72. The van der Waals surface area contributed by atoms with Crippen LogP contribution in [0.1, 0.15) is 52.9 Å². The second-order valence-corrected chi connectivity index (χ2v) is 8.11. The highest BCUT2D eigenvalue weighted by atomic mass is 16.5. The van der Waals surface area contributed by atoms with Gasteiger partial charge in [0.05, 0.1) is 27.1 Å². The van der Waals surface area contributed by atoms with Gasteiger partial charge in [0.2, 0.25) is 0 Å². The van der Waals surface area contributed by atoms with E-state index in [4.69, 9.17) is 15.2 Å². The summed E-state index contributed by atoms with van der Waals surface area (Å²) in [5.74, 6) is -0.454. The molecule has 1 fully saturated rings. The smallest absolute Gasteiger partial charge is 0.306 e. The van der Waals surface area contributed by atoms with Gasteiger partial charge in [-0.25, -0.2) is 0 Å². The Balaban J connectivity index is 2.85. The first-order chi connectivity index (χ1) is 11.1. The summed E-state index contributed by atoms with van der Waals surface area (Å²) in [6, 6.07) is 0.302. The van der Waals surface area contributed by atoms with Crippen molar-refractivity contribution in [3.8, 4) is 0 Å². The van der Waals surface area contributed by atoms with Gasteiger partial charge in [-0.3, -0.25) is 14.5 Å². The normalized spacial score (nSPS) is 26.2. The molecule has 2 atom stereocenters. The lowest BCUT2D eigenvalue weighted by atomic mass is 9.62. The Labute approximate surface area is 146 Å². The third kappa shape index (κ3) is 6.40. The number of methoxy groups -OCH3 is 2. The van der Waals surface area contributed by atoms with Crippen LogP contribution < -0.4 is 5.73 Å². The van der Waals surface area contributed by atoms with Crippen molar-refractivity contribution in [3.05, 3.63) is 0 Å². The number of esters is 2. The quantitative estimate of drug-likeness (QED) is 0.679. The molecule has 0 amide bonds. The van der Waals surface area contributed by atoms with Gasteiger partial charge in [0, 0.05) is 19.1 Å². The maximum atomic E-state index is 11.5. The fraction of sp³-hybridized carbons (Fsp3) is 0.889. The maximum absolute atomic E-state index is 11.5. The van der Waals surface area contributed by atoms with Crippen molar-refractivity contribution >= 4 is 11.9 Å². The number of rotatable bonds is 8. The number of carbonyl (C=O) groups is 2. The predicted molar refractivity (Wildman–Crippen MR) is 93.4 cm³/mol. The number of nitrogens with zero attached hydrogens (tertiary/aromatic N) is 1. The van der Waals surface area contributed by atoms with Crippen molar-refractivity contribution < 1.29 is 19.1 Å². The molecule has 1 aliphatic rings. The maximum Gasteiger partial charge on any atom is 0.306 e. The third-order valence-corrected chi connectivity index (χ3v) is 5.09. The molecule has 6 nitrogen and oxygen atoms in total. The molecule has 2 N–H and O–H groups in total. The molecule has 0 spiro atoms. The molecule has 6 heteroatoms. The molecule has 1 rings (SSSR count). The molecule has 1 saturated carbocycles. The van der Waals surface area contributed by atoms with E-state index in [2.05, 4.69) is 25.7 Å². The van der Waals surface area contributed by atoms with Gasteiger partial charge in [0.1, 0.15) is 0 Å². The zero-order chi connectivity index (χ0) is 18.4. The largest absolute Gasteiger partial charge is 0.469 e. The average Bonchev–Trinajstić information content (AvgIpc) is 2.52. The fourth-order valence-electron chi connectivity index (χ4n) is 4.14. The van der Waals surface area contributed by atoms with E-state index in [0.717, 1.165) is 19.3 Å². The highest BCUT2D eigenvalue weighted by Gasteiger charge is 2.42. The summed E-state index contributed by atoms with van der Waals surface area (Å²) in [5.41, 5.74) is 6.31. The van der Waals surface area contributed by atoms with Crippen LogP contribution in [0.15, 0.2) is 0 Å². The minimum atomic E-state index is -0.227. The molecule has 0 aromatic carbocycles. The lowest BCUT2D eigenvalue weighted by Gasteiger charge is -2.49. The van der Waals surface area contributed by atoms with Crippen molar-refractivity contribution in [1.29, 1.82) is 0 Å². The first-order valence-electron chi connectivity index (χ1n) is 8.72. The summed E-state index contributed by atoms with van der Waals surface area (Å²) >= 11 is 0. The van der Waals surface area contributed by atoms with Crippen LogP contribution in [0.4, 0.5) is 0 Å². The molecule has 0 bridgehead atoms. The number of ether oxygens (including phenoxy) is 2. The third-order valence-electron chi connectivity index (χ3n) is 5.09. The molecule has 0 aromatic rings. The van der Waals surface area contributed by atoms with Crippen LogP contribution in [-0.2, 0) is 19.1 Å². The number of hydrogen-bond acceptors (Lipinski definition) is 6. The van der Waals surface area contributed by atoms with E-state index in [1.54, 1.807) is 0 Å². The van der Waals surface area contributed by atoms with Gasteiger partial charge < -0.3 is 15.2 Å². The first kappa shape index (κ1) is 20.9. The van der Waals surface area contributed by atoms with E-state index in [1.807, 2.05) is 0 Å². The summed E-state index contributed by atoms with van der Waals surface area (Å²) in [6.07, 6.45) is 3.76. The summed E-state index contributed by atoms with van der Waals surface area (Å²) in [5, 5.41) is 0. The Hall–Kier alpha value is -1.14. The van der Waals surface area contributed by atoms with Crippen molar-refractivity contribution in [2.45, 2.75) is 58.9 Å². The van der Waals surface area contributed by atoms with Crippen LogP contribution in [-0.4, -0.2) is 56.7 Å². The second-order valence-electron chi connectivity index (χ2n) is 8.11. The highest BCUT2D eigenvalue weighted by Crippen LogP contribution is 2.47. The van der Waals surface area contributed by atoms with E-state index < -0.39 is 0 Å². The van der Waals surface area contributed by atoms with Crippen molar-refractivity contribution in [1.82, 2.24) is 4.90 Å². The van der Waals surface area contributed by atoms with Gasteiger partial charge in [-0.1, -0.05) is 20.8 Å². The van der Waals surface area contributed by atoms with Crippen molar-refractivity contribution in [2.24, 2.45) is 16.6 Å². The van der Waals surface area contributed by atoms with E-state index in [1.165, 1.54) is 14.2 Å². The summed E-state index contributed by atoms with van der Waals surface area (Å²) in [4.78, 5) is 25.3. The Morgan fingerprint density at radius 3 is 1.96 bits per heavy atom. The molecule has 2 unspecified atom stereocenters. The zero-order valence-corrected chi connectivity index (χ0v) is 15.9. The Morgan fingerprint density at radius 1 is 1.04 bits per heavy atom. The average molecular weight is 342 g/mol. The Kier molecular flexibility index (Phi) is 7.67. The highest BCUT2D eigenvalue weighted by molar-refractivity contribution is 5.70. The number of hydrogen-bond donors (Lipinski definition) is 1. The molecular weight excluding hydrogens is 308 g/mol. The second kappa shape index (κ2) is 8.81. The lowest BCUT2D eigenvalue weighted by Crippen LogP contribution is -2.50. The van der Waals surface area contributed by atoms with Crippen LogP contribution in [0, 0.1) is 10.8 Å². The van der Waals surface area contributed by atoms with Gasteiger partial charge in [0.15, 0.2) is 0 Å². The Bertz CT molecular complexity index is 419. The molecule has 0 heterocycles. The topological polar surface area (TPSA) is 81.9 Å². The van der Waals surface area contributed by atoms with Gasteiger partial charge in [0.25, 0.3) is 0 Å². The minimum absolute atomic E-state index is 0.0845. The monoisotopic (exact) mass is 342 g/mol. The molecular formula is C18H34N2O4. The van der Waals surface area contributed by atoms with E-state index in [9.17, 15) is 9.59 Å². The zero-order valence-electron chi connectivity index (χ0n) is 15.9. The summed E-state index contributed by atoms with van der Waals surface area (Å²) in [6.45, 7) is 8.60. The summed E-state index contributed by atoms with van der Waals surface area (Å²) < 4.78 is 9.52. The molecule has 0 saturated heterocycles. The Morgan fingerprint density at radius 2 is 1.54 bits per heavy atom. The van der Waals surface area contributed by atoms with Gasteiger partial charge in [-0.2, -0.15) is 0 Å². The molecule has 0 radical (unpaired) electrons. The van der Waals surface area contributed by atoms with E-state index in [-0.39, 0.29) is 22.8 Å². The molecule has 24 heavy (non-hydrogen) atoms. The van der Waals surface area contributed by atoms with Crippen LogP contribution in [0.5, 0.6) is 0 Å². The molecule has 0 aliphatic heterocycles. The standard InChI is InChI=1S/C18H34N2O4/c1-17(2)10-14(11-18(3,12-17)13-19)20(8-6-15(21)23-4)9-7-16(22)24-5/h14H,6-13,19H2,1-5H3. The van der Waals surface area contributed by atoms with Crippen LogP contribution in [0.3, 0.4) is 0 Å². The number of nitrogens with two attached hydrogens (primary N) is 1. The molecule has 140 valence electrons. The predicted octanol–water partition coefficient (Wildman–Crippen LogP) is 1.96. The van der Waals surface area contributed by atoms with Crippen LogP contribution >= 0.6 is 0 Å². The molecule has 0 aromatic heterocycles. The number of carbonyl (C=O) groups excluding carboxylic acids is 2. The lowest BCUT2D eigenvalue weighted by molar-refractivity contribution is -0.141. The molecule has 1 aliphatic carbocycles. The van der Waals surface area contributed by atoms with Crippen molar-refractivity contribution in [2.75, 3.05) is 33.9 Å². The summed E-state index contributed by atoms with van der Waals surface area (Å²) in [7, 11) is 2.80. The van der Waals surface area contributed by atoms with Crippen molar-refractivity contribution in [3.63, 3.8) is 0 Å².